The van der Waals surface area contributed by atoms with Crippen molar-refractivity contribution in [3.63, 3.8) is 0 Å². The van der Waals surface area contributed by atoms with Crippen LogP contribution in [0.15, 0.2) is 18.2 Å². The van der Waals surface area contributed by atoms with Gasteiger partial charge in [0.25, 0.3) is 0 Å². The molecule has 0 atom stereocenters. The summed E-state index contributed by atoms with van der Waals surface area (Å²) in [6.45, 7) is 8.61. The summed E-state index contributed by atoms with van der Waals surface area (Å²) in [7, 11) is 0. The molecule has 5 nitrogen and oxygen atoms in total. The molecule has 26 heavy (non-hydrogen) atoms. The highest BCUT2D eigenvalue weighted by Crippen LogP contribution is 2.22. The van der Waals surface area contributed by atoms with E-state index in [9.17, 15) is 4.79 Å². The molecule has 1 aliphatic rings. The summed E-state index contributed by atoms with van der Waals surface area (Å²) in [6, 6.07) is 5.97. The second-order valence-electron chi connectivity index (χ2n) is 6.62. The highest BCUT2D eigenvalue weighted by Gasteiger charge is 2.15. The van der Waals surface area contributed by atoms with E-state index in [-0.39, 0.29) is 18.3 Å². The van der Waals surface area contributed by atoms with E-state index in [1.165, 1.54) is 12.8 Å². The second-order valence-corrected chi connectivity index (χ2v) is 6.62. The monoisotopic (exact) mass is 384 g/mol. The molecule has 2 rings (SSSR count). The van der Waals surface area contributed by atoms with E-state index < -0.39 is 0 Å². The van der Waals surface area contributed by atoms with E-state index in [2.05, 4.69) is 10.6 Å². The van der Waals surface area contributed by atoms with Gasteiger partial charge in [0.15, 0.2) is 0 Å². The highest BCUT2D eigenvalue weighted by molar-refractivity contribution is 5.91. The van der Waals surface area contributed by atoms with E-state index >= 15 is 0 Å². The van der Waals surface area contributed by atoms with Gasteiger partial charge in [0.1, 0.15) is 0 Å². The second kappa shape index (κ2) is 13.1. The Kier molecular flexibility index (Phi) is 11.5. The minimum atomic E-state index is 0. The molecule has 6 heteroatoms. The van der Waals surface area contributed by atoms with Crippen LogP contribution in [0.1, 0.15) is 43.7 Å². The summed E-state index contributed by atoms with van der Waals surface area (Å²) in [6.07, 6.45) is 3.94. The third-order valence-electron chi connectivity index (χ3n) is 4.79. The Labute approximate surface area is 163 Å². The molecule has 0 radical (unpaired) electrons. The number of carbonyl (C=O) groups excluding carboxylic acids is 1. The van der Waals surface area contributed by atoms with Crippen molar-refractivity contribution in [2.24, 2.45) is 5.92 Å². The molecule has 1 aromatic rings. The van der Waals surface area contributed by atoms with Gasteiger partial charge in [0.05, 0.1) is 19.8 Å². The molecule has 2 N–H and O–H groups in total. The summed E-state index contributed by atoms with van der Waals surface area (Å²) in [5.41, 5.74) is 3.07. The first-order valence-electron chi connectivity index (χ1n) is 9.45. The standard InChI is InChI=1S/C20H32N2O3.ClH/c1-3-24-13-14-25-15-18-5-4-6-19(16(18)2)22-20(23)8-7-17-9-11-21-12-10-17;/h4-6,17,21H,3,7-15H2,1-2H3,(H,22,23);1H. The predicted octanol–water partition coefficient (Wildman–Crippen LogP) is 3.69. The first-order chi connectivity index (χ1) is 12.2. The fraction of sp³-hybridized carbons (Fsp3) is 0.650. The molecular formula is C20H33ClN2O3. The zero-order valence-corrected chi connectivity index (χ0v) is 16.8. The zero-order valence-electron chi connectivity index (χ0n) is 16.0. The molecule has 0 saturated carbocycles. The average molecular weight is 385 g/mol. The van der Waals surface area contributed by atoms with Crippen molar-refractivity contribution < 1.29 is 14.3 Å². The lowest BCUT2D eigenvalue weighted by Crippen LogP contribution is -2.28. The van der Waals surface area contributed by atoms with Gasteiger partial charge in [-0.05, 0) is 69.3 Å². The molecule has 0 aliphatic carbocycles. The molecule has 1 heterocycles. The summed E-state index contributed by atoms with van der Waals surface area (Å²) < 4.78 is 10.9. The first kappa shape index (κ1) is 22.9. The van der Waals surface area contributed by atoms with Crippen molar-refractivity contribution in [1.82, 2.24) is 5.32 Å². The molecule has 1 amide bonds. The van der Waals surface area contributed by atoms with Gasteiger partial charge in [-0.2, -0.15) is 0 Å². The van der Waals surface area contributed by atoms with Gasteiger partial charge >= 0.3 is 0 Å². The van der Waals surface area contributed by atoms with Crippen LogP contribution in [-0.4, -0.2) is 38.8 Å². The van der Waals surface area contributed by atoms with E-state index in [0.29, 0.717) is 38.8 Å². The Hall–Kier alpha value is -1.14. The number of carbonyl (C=O) groups is 1. The van der Waals surface area contributed by atoms with Crippen LogP contribution in [0, 0.1) is 12.8 Å². The van der Waals surface area contributed by atoms with E-state index in [4.69, 9.17) is 9.47 Å². The largest absolute Gasteiger partial charge is 0.379 e. The van der Waals surface area contributed by atoms with Gasteiger partial charge in [-0.3, -0.25) is 4.79 Å². The van der Waals surface area contributed by atoms with Crippen molar-refractivity contribution in [1.29, 1.82) is 0 Å². The Morgan fingerprint density at radius 3 is 2.69 bits per heavy atom. The lowest BCUT2D eigenvalue weighted by atomic mass is 9.93. The van der Waals surface area contributed by atoms with Crippen LogP contribution in [0.5, 0.6) is 0 Å². The molecule has 0 unspecified atom stereocenters. The van der Waals surface area contributed by atoms with Crippen LogP contribution in [0.25, 0.3) is 0 Å². The number of ether oxygens (including phenoxy) is 2. The Morgan fingerprint density at radius 2 is 1.96 bits per heavy atom. The van der Waals surface area contributed by atoms with Crippen LogP contribution in [0.2, 0.25) is 0 Å². The molecule has 1 fully saturated rings. The molecule has 1 aromatic carbocycles. The average Bonchev–Trinajstić information content (AvgIpc) is 2.63. The number of rotatable bonds is 10. The minimum Gasteiger partial charge on any atom is -0.379 e. The van der Waals surface area contributed by atoms with Crippen LogP contribution in [0.3, 0.4) is 0 Å². The molecule has 0 bridgehead atoms. The smallest absolute Gasteiger partial charge is 0.224 e. The molecule has 1 aliphatic heterocycles. The number of anilines is 1. The Bertz CT molecular complexity index is 534. The van der Waals surface area contributed by atoms with Crippen LogP contribution in [0.4, 0.5) is 5.69 Å². The lowest BCUT2D eigenvalue weighted by Gasteiger charge is -2.22. The number of hydrogen-bond donors (Lipinski definition) is 2. The fourth-order valence-electron chi connectivity index (χ4n) is 3.14. The summed E-state index contributed by atoms with van der Waals surface area (Å²) in [4.78, 5) is 12.3. The number of benzene rings is 1. The maximum Gasteiger partial charge on any atom is 0.224 e. The number of piperidine rings is 1. The van der Waals surface area contributed by atoms with Crippen molar-refractivity contribution in [3.8, 4) is 0 Å². The third-order valence-corrected chi connectivity index (χ3v) is 4.79. The van der Waals surface area contributed by atoms with Gasteiger partial charge in [0, 0.05) is 18.7 Å². The van der Waals surface area contributed by atoms with E-state index in [0.717, 1.165) is 36.3 Å². The van der Waals surface area contributed by atoms with Gasteiger partial charge in [-0.15, -0.1) is 12.4 Å². The van der Waals surface area contributed by atoms with Crippen molar-refractivity contribution in [2.75, 3.05) is 38.2 Å². The van der Waals surface area contributed by atoms with Crippen molar-refractivity contribution in [2.45, 2.75) is 46.1 Å². The van der Waals surface area contributed by atoms with Crippen LogP contribution < -0.4 is 10.6 Å². The summed E-state index contributed by atoms with van der Waals surface area (Å²) >= 11 is 0. The number of amides is 1. The molecule has 148 valence electrons. The molecule has 0 aromatic heterocycles. The number of nitrogens with one attached hydrogen (secondary N) is 2. The summed E-state index contributed by atoms with van der Waals surface area (Å²) in [5, 5.41) is 6.43. The normalized spacial score (nSPS) is 14.7. The van der Waals surface area contributed by atoms with E-state index in [1.807, 2.05) is 32.0 Å². The quantitative estimate of drug-likeness (QED) is 0.604. The number of halogens is 1. The zero-order chi connectivity index (χ0) is 17.9. The third kappa shape index (κ3) is 8.04. The topological polar surface area (TPSA) is 59.6 Å². The van der Waals surface area contributed by atoms with Gasteiger partial charge in [-0.25, -0.2) is 0 Å². The highest BCUT2D eigenvalue weighted by atomic mass is 35.5. The van der Waals surface area contributed by atoms with E-state index in [1.54, 1.807) is 0 Å². The maximum absolute atomic E-state index is 12.3. The van der Waals surface area contributed by atoms with Gasteiger partial charge < -0.3 is 20.1 Å². The molecule has 1 saturated heterocycles. The van der Waals surface area contributed by atoms with Crippen LogP contribution >= 0.6 is 12.4 Å². The predicted molar refractivity (Wildman–Crippen MR) is 108 cm³/mol. The van der Waals surface area contributed by atoms with Crippen molar-refractivity contribution >= 4 is 24.0 Å². The van der Waals surface area contributed by atoms with Gasteiger partial charge in [0.2, 0.25) is 5.91 Å². The maximum atomic E-state index is 12.3. The number of hydrogen-bond acceptors (Lipinski definition) is 4. The van der Waals surface area contributed by atoms with Gasteiger partial charge in [-0.1, -0.05) is 12.1 Å². The SMILES string of the molecule is CCOCCOCc1cccc(NC(=O)CCC2CCNCC2)c1C.Cl. The fourth-order valence-corrected chi connectivity index (χ4v) is 3.14. The first-order valence-corrected chi connectivity index (χ1v) is 9.45. The molecule has 0 spiro atoms. The Balaban J connectivity index is 0.00000338. The van der Waals surface area contributed by atoms with Crippen LogP contribution in [-0.2, 0) is 20.9 Å². The molecular weight excluding hydrogens is 352 g/mol. The van der Waals surface area contributed by atoms with Crippen molar-refractivity contribution in [3.05, 3.63) is 29.3 Å². The Morgan fingerprint density at radius 1 is 1.23 bits per heavy atom. The summed E-state index contributed by atoms with van der Waals surface area (Å²) in [5.74, 6) is 0.786. The minimum absolute atomic E-state index is 0. The lowest BCUT2D eigenvalue weighted by molar-refractivity contribution is -0.116.